The number of carbonyl (C=O) groups is 1. The number of hydrogen-bond acceptors (Lipinski definition) is 6. The summed E-state index contributed by atoms with van der Waals surface area (Å²) in [4.78, 5) is 23.6. The van der Waals surface area contributed by atoms with Crippen LogP contribution in [0.1, 0.15) is 33.9 Å². The SMILES string of the molecule is O=C(N[C@H]1CCc2ccccc21)c1ccc(Oc2nccnc2N2CCOCC2)cc1. The number of aromatic nitrogens is 2. The van der Waals surface area contributed by atoms with Crippen molar-refractivity contribution >= 4 is 11.7 Å². The highest BCUT2D eigenvalue weighted by Gasteiger charge is 2.24. The molecule has 1 aliphatic heterocycles. The van der Waals surface area contributed by atoms with Gasteiger partial charge in [-0.3, -0.25) is 4.79 Å². The molecule has 5 rings (SSSR count). The van der Waals surface area contributed by atoms with Gasteiger partial charge in [0, 0.05) is 31.0 Å². The molecule has 2 aromatic carbocycles. The average Bonchev–Trinajstić information content (AvgIpc) is 3.23. The summed E-state index contributed by atoms with van der Waals surface area (Å²) in [5.41, 5.74) is 3.13. The summed E-state index contributed by atoms with van der Waals surface area (Å²) in [6.07, 6.45) is 5.20. The van der Waals surface area contributed by atoms with Crippen LogP contribution in [0.15, 0.2) is 60.9 Å². The van der Waals surface area contributed by atoms with Crippen LogP contribution in [-0.2, 0) is 11.2 Å². The van der Waals surface area contributed by atoms with Gasteiger partial charge in [-0.15, -0.1) is 0 Å². The van der Waals surface area contributed by atoms with Crippen LogP contribution < -0.4 is 15.0 Å². The number of amides is 1. The highest BCUT2D eigenvalue weighted by Crippen LogP contribution is 2.31. The van der Waals surface area contributed by atoms with E-state index < -0.39 is 0 Å². The zero-order valence-electron chi connectivity index (χ0n) is 17.2. The Kier molecular flexibility index (Phi) is 5.50. The van der Waals surface area contributed by atoms with Gasteiger partial charge in [0.05, 0.1) is 19.3 Å². The molecule has 1 aromatic heterocycles. The van der Waals surface area contributed by atoms with Crippen LogP contribution in [0.3, 0.4) is 0 Å². The van der Waals surface area contributed by atoms with Crippen LogP contribution in [0.25, 0.3) is 0 Å². The Hall–Kier alpha value is -3.45. The molecular weight excluding hydrogens is 392 g/mol. The number of rotatable bonds is 5. The number of hydrogen-bond donors (Lipinski definition) is 1. The van der Waals surface area contributed by atoms with Crippen molar-refractivity contribution in [1.29, 1.82) is 0 Å². The molecule has 0 radical (unpaired) electrons. The number of morpholine rings is 1. The average molecular weight is 416 g/mol. The molecule has 158 valence electrons. The highest BCUT2D eigenvalue weighted by atomic mass is 16.5. The van der Waals surface area contributed by atoms with Gasteiger partial charge < -0.3 is 19.7 Å². The van der Waals surface area contributed by atoms with E-state index >= 15 is 0 Å². The lowest BCUT2D eigenvalue weighted by atomic mass is 10.1. The maximum Gasteiger partial charge on any atom is 0.263 e. The summed E-state index contributed by atoms with van der Waals surface area (Å²) in [6, 6.07) is 15.5. The maximum atomic E-state index is 12.7. The molecule has 7 heteroatoms. The Morgan fingerprint density at radius 2 is 1.81 bits per heavy atom. The summed E-state index contributed by atoms with van der Waals surface area (Å²) in [5.74, 6) is 1.68. The van der Waals surface area contributed by atoms with Gasteiger partial charge in [0.1, 0.15) is 5.75 Å². The van der Waals surface area contributed by atoms with Crippen molar-refractivity contribution in [3.63, 3.8) is 0 Å². The summed E-state index contributed by atoms with van der Waals surface area (Å²) in [5, 5.41) is 3.15. The minimum absolute atomic E-state index is 0.0651. The Labute approximate surface area is 181 Å². The Bertz CT molecular complexity index is 1060. The topological polar surface area (TPSA) is 76.6 Å². The summed E-state index contributed by atoms with van der Waals surface area (Å²) in [7, 11) is 0. The van der Waals surface area contributed by atoms with Gasteiger partial charge >= 0.3 is 0 Å². The van der Waals surface area contributed by atoms with Crippen molar-refractivity contribution in [1.82, 2.24) is 15.3 Å². The van der Waals surface area contributed by atoms with Gasteiger partial charge in [-0.05, 0) is 48.2 Å². The minimum Gasteiger partial charge on any atom is -0.436 e. The van der Waals surface area contributed by atoms with Gasteiger partial charge in [0.25, 0.3) is 11.8 Å². The highest BCUT2D eigenvalue weighted by molar-refractivity contribution is 5.94. The fourth-order valence-corrected chi connectivity index (χ4v) is 4.12. The quantitative estimate of drug-likeness (QED) is 0.686. The molecule has 1 fully saturated rings. The van der Waals surface area contributed by atoms with Crippen LogP contribution in [0.5, 0.6) is 11.6 Å². The number of anilines is 1. The van der Waals surface area contributed by atoms with Crippen LogP contribution in [0.4, 0.5) is 5.82 Å². The van der Waals surface area contributed by atoms with Gasteiger partial charge in [0.2, 0.25) is 0 Å². The number of nitrogens with zero attached hydrogens (tertiary/aromatic N) is 3. The van der Waals surface area contributed by atoms with E-state index in [0.717, 1.165) is 25.9 Å². The molecule has 0 spiro atoms. The molecule has 2 aliphatic rings. The van der Waals surface area contributed by atoms with Crippen molar-refractivity contribution in [2.75, 3.05) is 31.2 Å². The molecule has 1 atom stereocenters. The standard InChI is InChI=1S/C24H24N4O3/c29-23(27-21-10-7-17-3-1-2-4-20(17)21)18-5-8-19(9-6-18)31-24-22(25-11-12-26-24)28-13-15-30-16-14-28/h1-6,8-9,11-12,21H,7,10,13-16H2,(H,27,29)/t21-/m0/s1. The number of ether oxygens (including phenoxy) is 2. The molecule has 1 saturated heterocycles. The summed E-state index contributed by atoms with van der Waals surface area (Å²) in [6.45, 7) is 2.81. The number of nitrogens with one attached hydrogen (secondary N) is 1. The fourth-order valence-electron chi connectivity index (χ4n) is 4.12. The van der Waals surface area contributed by atoms with Crippen molar-refractivity contribution in [3.8, 4) is 11.6 Å². The van der Waals surface area contributed by atoms with Gasteiger partial charge in [-0.1, -0.05) is 24.3 Å². The smallest absolute Gasteiger partial charge is 0.263 e. The third-order valence-electron chi connectivity index (χ3n) is 5.73. The lowest BCUT2D eigenvalue weighted by molar-refractivity contribution is 0.0936. The predicted molar refractivity (Wildman–Crippen MR) is 117 cm³/mol. The number of carbonyl (C=O) groups excluding carboxylic acids is 1. The van der Waals surface area contributed by atoms with E-state index in [0.29, 0.717) is 36.2 Å². The molecule has 3 aromatic rings. The van der Waals surface area contributed by atoms with E-state index in [1.807, 2.05) is 12.1 Å². The first kappa shape index (κ1) is 19.5. The Balaban J connectivity index is 1.26. The van der Waals surface area contributed by atoms with E-state index in [1.165, 1.54) is 11.1 Å². The first-order valence-corrected chi connectivity index (χ1v) is 10.6. The molecule has 7 nitrogen and oxygen atoms in total. The van der Waals surface area contributed by atoms with Crippen molar-refractivity contribution < 1.29 is 14.3 Å². The molecule has 31 heavy (non-hydrogen) atoms. The fraction of sp³-hybridized carbons (Fsp3) is 0.292. The lowest BCUT2D eigenvalue weighted by Crippen LogP contribution is -2.37. The third-order valence-corrected chi connectivity index (χ3v) is 5.73. The van der Waals surface area contributed by atoms with Crippen LogP contribution in [0.2, 0.25) is 0 Å². The first-order valence-electron chi connectivity index (χ1n) is 10.6. The zero-order chi connectivity index (χ0) is 21.0. The number of fused-ring (bicyclic) bond motifs is 1. The number of aryl methyl sites for hydroxylation is 1. The molecule has 1 N–H and O–H groups in total. The maximum absolute atomic E-state index is 12.7. The molecule has 1 aliphatic carbocycles. The Morgan fingerprint density at radius 3 is 2.65 bits per heavy atom. The van der Waals surface area contributed by atoms with E-state index in [9.17, 15) is 4.79 Å². The van der Waals surface area contributed by atoms with Gasteiger partial charge in [0.15, 0.2) is 5.82 Å². The second-order valence-electron chi connectivity index (χ2n) is 7.67. The molecule has 2 heterocycles. The molecular formula is C24H24N4O3. The van der Waals surface area contributed by atoms with E-state index in [1.54, 1.807) is 36.7 Å². The molecule has 1 amide bonds. The third kappa shape index (κ3) is 4.22. The monoisotopic (exact) mass is 416 g/mol. The summed E-state index contributed by atoms with van der Waals surface area (Å²) >= 11 is 0. The predicted octanol–water partition coefficient (Wildman–Crippen LogP) is 3.52. The Morgan fingerprint density at radius 1 is 1.03 bits per heavy atom. The number of benzene rings is 2. The zero-order valence-corrected chi connectivity index (χ0v) is 17.2. The second-order valence-corrected chi connectivity index (χ2v) is 7.67. The van der Waals surface area contributed by atoms with E-state index in [-0.39, 0.29) is 11.9 Å². The lowest BCUT2D eigenvalue weighted by Gasteiger charge is -2.28. The van der Waals surface area contributed by atoms with E-state index in [2.05, 4.69) is 32.3 Å². The molecule has 0 bridgehead atoms. The van der Waals surface area contributed by atoms with Crippen LogP contribution in [-0.4, -0.2) is 42.2 Å². The van der Waals surface area contributed by atoms with Crippen LogP contribution >= 0.6 is 0 Å². The van der Waals surface area contributed by atoms with Crippen LogP contribution in [0, 0.1) is 0 Å². The minimum atomic E-state index is -0.0817. The normalized spacial score (nSPS) is 17.8. The molecule has 0 unspecified atom stereocenters. The van der Waals surface area contributed by atoms with E-state index in [4.69, 9.17) is 9.47 Å². The van der Waals surface area contributed by atoms with Gasteiger partial charge in [-0.25, -0.2) is 9.97 Å². The first-order chi connectivity index (χ1) is 15.3. The van der Waals surface area contributed by atoms with Gasteiger partial charge in [-0.2, -0.15) is 0 Å². The van der Waals surface area contributed by atoms with Crippen molar-refractivity contribution in [3.05, 3.63) is 77.6 Å². The van der Waals surface area contributed by atoms with Crippen molar-refractivity contribution in [2.24, 2.45) is 0 Å². The molecule has 0 saturated carbocycles. The second kappa shape index (κ2) is 8.73. The van der Waals surface area contributed by atoms with Crippen molar-refractivity contribution in [2.45, 2.75) is 18.9 Å². The largest absolute Gasteiger partial charge is 0.436 e. The summed E-state index contributed by atoms with van der Waals surface area (Å²) < 4.78 is 11.4.